The lowest BCUT2D eigenvalue weighted by Gasteiger charge is -1.90. The summed E-state index contributed by atoms with van der Waals surface area (Å²) in [7, 11) is 0. The van der Waals surface area contributed by atoms with Crippen LogP contribution in [-0.2, 0) is 9.53 Å². The SMILES string of the molecule is O=C1OCC[C@H]1N=C=S. The van der Waals surface area contributed by atoms with Gasteiger partial charge >= 0.3 is 5.97 Å². The third-order valence-electron chi connectivity index (χ3n) is 1.12. The van der Waals surface area contributed by atoms with Crippen molar-refractivity contribution < 1.29 is 9.53 Å². The van der Waals surface area contributed by atoms with Gasteiger partial charge in [-0.15, -0.1) is 0 Å². The summed E-state index contributed by atoms with van der Waals surface area (Å²) < 4.78 is 4.60. The molecule has 0 aliphatic carbocycles. The van der Waals surface area contributed by atoms with Gasteiger partial charge in [-0.2, -0.15) is 0 Å². The van der Waals surface area contributed by atoms with Crippen molar-refractivity contribution in [2.24, 2.45) is 4.99 Å². The molecule has 0 bridgehead atoms. The van der Waals surface area contributed by atoms with Crippen LogP contribution in [0, 0.1) is 0 Å². The van der Waals surface area contributed by atoms with E-state index in [2.05, 4.69) is 27.1 Å². The van der Waals surface area contributed by atoms with Gasteiger partial charge in [-0.3, -0.25) is 0 Å². The molecule has 0 aromatic rings. The predicted molar refractivity (Wildman–Crippen MR) is 34.4 cm³/mol. The molecule has 0 amide bonds. The first-order chi connectivity index (χ1) is 4.34. The fourth-order valence-electron chi connectivity index (χ4n) is 0.666. The summed E-state index contributed by atoms with van der Waals surface area (Å²) in [5, 5.41) is 2.15. The van der Waals surface area contributed by atoms with E-state index < -0.39 is 0 Å². The number of carbonyl (C=O) groups is 1. The number of nitrogens with zero attached hydrogens (tertiary/aromatic N) is 1. The van der Waals surface area contributed by atoms with Crippen molar-refractivity contribution in [3.63, 3.8) is 0 Å². The highest BCUT2D eigenvalue weighted by atomic mass is 32.1. The van der Waals surface area contributed by atoms with Crippen LogP contribution >= 0.6 is 12.2 Å². The second-order valence-corrected chi connectivity index (χ2v) is 1.87. The van der Waals surface area contributed by atoms with E-state index in [1.807, 2.05) is 0 Å². The average Bonchev–Trinajstić information content (AvgIpc) is 2.18. The standard InChI is InChI=1S/C5H5NO2S/c7-5-4(6-3-9)1-2-8-5/h4H,1-2H2/t4-/m1/s1. The van der Waals surface area contributed by atoms with Crippen LogP contribution in [0.2, 0.25) is 0 Å². The van der Waals surface area contributed by atoms with Crippen LogP contribution in [0.15, 0.2) is 4.99 Å². The van der Waals surface area contributed by atoms with Gasteiger partial charge in [0.1, 0.15) is 0 Å². The van der Waals surface area contributed by atoms with E-state index in [4.69, 9.17) is 0 Å². The summed E-state index contributed by atoms with van der Waals surface area (Å²) >= 11 is 4.32. The molecule has 1 aliphatic heterocycles. The van der Waals surface area contributed by atoms with Crippen LogP contribution < -0.4 is 0 Å². The molecule has 1 fully saturated rings. The molecule has 48 valence electrons. The number of carbonyl (C=O) groups excluding carboxylic acids is 1. The first-order valence-corrected chi connectivity index (χ1v) is 2.99. The molecular formula is C5H5NO2S. The molecule has 0 unspecified atom stereocenters. The third kappa shape index (κ3) is 1.34. The molecule has 0 saturated carbocycles. The molecule has 1 atom stereocenters. The lowest BCUT2D eigenvalue weighted by molar-refractivity contribution is -0.138. The quantitative estimate of drug-likeness (QED) is 0.303. The topological polar surface area (TPSA) is 38.7 Å². The fourth-order valence-corrected chi connectivity index (χ4v) is 0.793. The summed E-state index contributed by atoms with van der Waals surface area (Å²) in [4.78, 5) is 14.2. The second-order valence-electron chi connectivity index (χ2n) is 1.69. The molecule has 3 nitrogen and oxygen atoms in total. The summed E-state index contributed by atoms with van der Waals surface area (Å²) in [6.07, 6.45) is 0.641. The minimum atomic E-state index is -0.373. The zero-order valence-electron chi connectivity index (χ0n) is 4.66. The fraction of sp³-hybridized carbons (Fsp3) is 0.600. The third-order valence-corrected chi connectivity index (χ3v) is 1.22. The van der Waals surface area contributed by atoms with Gasteiger partial charge in [0.25, 0.3) is 0 Å². The number of cyclic esters (lactones) is 1. The minimum absolute atomic E-state index is 0.285. The zero-order chi connectivity index (χ0) is 6.69. The number of isothiocyanates is 1. The summed E-state index contributed by atoms with van der Waals surface area (Å²) in [6.45, 7) is 0.462. The van der Waals surface area contributed by atoms with Gasteiger partial charge in [0, 0.05) is 6.42 Å². The Morgan fingerprint density at radius 1 is 1.89 bits per heavy atom. The van der Waals surface area contributed by atoms with Crippen molar-refractivity contribution >= 4 is 23.3 Å². The number of rotatable bonds is 1. The van der Waals surface area contributed by atoms with Gasteiger partial charge < -0.3 is 4.74 Å². The number of hydrogen-bond acceptors (Lipinski definition) is 4. The largest absolute Gasteiger partial charge is 0.464 e. The Hall–Kier alpha value is -0.730. The molecule has 0 radical (unpaired) electrons. The molecule has 1 heterocycles. The maximum Gasteiger partial charge on any atom is 0.331 e. The highest BCUT2D eigenvalue weighted by Gasteiger charge is 2.24. The van der Waals surface area contributed by atoms with Crippen molar-refractivity contribution in [1.82, 2.24) is 0 Å². The summed E-state index contributed by atoms with van der Waals surface area (Å²) in [6, 6.07) is -0.373. The smallest absolute Gasteiger partial charge is 0.331 e. The molecule has 1 saturated heterocycles. The maximum atomic E-state index is 10.6. The van der Waals surface area contributed by atoms with Crippen LogP contribution in [0.3, 0.4) is 0 Å². The van der Waals surface area contributed by atoms with Gasteiger partial charge in [-0.1, -0.05) is 0 Å². The summed E-state index contributed by atoms with van der Waals surface area (Å²) in [5.41, 5.74) is 0. The molecule has 9 heavy (non-hydrogen) atoms. The summed E-state index contributed by atoms with van der Waals surface area (Å²) in [5.74, 6) is -0.285. The minimum Gasteiger partial charge on any atom is -0.464 e. The molecule has 4 heteroatoms. The van der Waals surface area contributed by atoms with Gasteiger partial charge in [0.2, 0.25) is 0 Å². The molecule has 0 spiro atoms. The van der Waals surface area contributed by atoms with E-state index in [0.717, 1.165) is 0 Å². The molecule has 0 aromatic carbocycles. The first-order valence-electron chi connectivity index (χ1n) is 2.58. The monoisotopic (exact) mass is 143 g/mol. The number of ether oxygens (including phenoxy) is 1. The van der Waals surface area contributed by atoms with E-state index >= 15 is 0 Å². The van der Waals surface area contributed by atoms with Crippen molar-refractivity contribution in [2.75, 3.05) is 6.61 Å². The van der Waals surface area contributed by atoms with Gasteiger partial charge in [0.05, 0.1) is 11.8 Å². The van der Waals surface area contributed by atoms with Crippen LogP contribution in [-0.4, -0.2) is 23.8 Å². The Balaban J connectivity index is 2.59. The van der Waals surface area contributed by atoms with Crippen LogP contribution in [0.4, 0.5) is 0 Å². The number of esters is 1. The van der Waals surface area contributed by atoms with E-state index in [0.29, 0.717) is 13.0 Å². The average molecular weight is 143 g/mol. The van der Waals surface area contributed by atoms with Gasteiger partial charge in [-0.05, 0) is 12.2 Å². The Labute approximate surface area is 57.7 Å². The molecule has 0 N–H and O–H groups in total. The number of thiocarbonyl (C=S) groups is 1. The number of hydrogen-bond donors (Lipinski definition) is 0. The number of aliphatic imine (C=N–C) groups is 1. The van der Waals surface area contributed by atoms with E-state index in [-0.39, 0.29) is 12.0 Å². The van der Waals surface area contributed by atoms with Gasteiger partial charge in [-0.25, -0.2) is 9.79 Å². The van der Waals surface area contributed by atoms with Gasteiger partial charge in [0.15, 0.2) is 6.04 Å². The Bertz CT molecular complexity index is 174. The zero-order valence-corrected chi connectivity index (χ0v) is 5.48. The van der Waals surface area contributed by atoms with Crippen molar-refractivity contribution in [1.29, 1.82) is 0 Å². The van der Waals surface area contributed by atoms with Crippen molar-refractivity contribution in [3.8, 4) is 0 Å². The van der Waals surface area contributed by atoms with Crippen molar-refractivity contribution in [2.45, 2.75) is 12.5 Å². The second kappa shape index (κ2) is 2.71. The normalized spacial score (nSPS) is 24.9. The van der Waals surface area contributed by atoms with E-state index in [9.17, 15) is 4.79 Å². The first kappa shape index (κ1) is 6.39. The maximum absolute atomic E-state index is 10.6. The van der Waals surface area contributed by atoms with Crippen LogP contribution in [0.25, 0.3) is 0 Å². The molecule has 0 aromatic heterocycles. The van der Waals surface area contributed by atoms with Crippen LogP contribution in [0.1, 0.15) is 6.42 Å². The molecule has 1 aliphatic rings. The predicted octanol–water partition coefficient (Wildman–Crippen LogP) is 0.405. The van der Waals surface area contributed by atoms with E-state index in [1.165, 1.54) is 0 Å². The van der Waals surface area contributed by atoms with Crippen LogP contribution in [0.5, 0.6) is 0 Å². The highest BCUT2D eigenvalue weighted by molar-refractivity contribution is 7.78. The highest BCUT2D eigenvalue weighted by Crippen LogP contribution is 2.08. The Morgan fingerprint density at radius 2 is 2.67 bits per heavy atom. The Kier molecular flexibility index (Phi) is 1.92. The lowest BCUT2D eigenvalue weighted by Crippen LogP contribution is -2.09. The van der Waals surface area contributed by atoms with E-state index in [1.54, 1.807) is 0 Å². The van der Waals surface area contributed by atoms with Crippen molar-refractivity contribution in [3.05, 3.63) is 0 Å². The molecule has 1 rings (SSSR count). The molecular weight excluding hydrogens is 138 g/mol. The Morgan fingerprint density at radius 3 is 3.11 bits per heavy atom. The lowest BCUT2D eigenvalue weighted by atomic mass is 10.3.